The summed E-state index contributed by atoms with van der Waals surface area (Å²) in [4.78, 5) is 0. The van der Waals surface area contributed by atoms with Crippen LogP contribution in [-0.2, 0) is 17.0 Å². The van der Waals surface area contributed by atoms with Crippen LogP contribution in [0.4, 0.5) is 4.39 Å². The van der Waals surface area contributed by atoms with Crippen LogP contribution in [-0.4, -0.2) is 27.5 Å². The molecule has 2 fully saturated rings. The fourth-order valence-corrected chi connectivity index (χ4v) is 3.91. The fourth-order valence-electron chi connectivity index (χ4n) is 2.97. The lowest BCUT2D eigenvalue weighted by atomic mass is 10.2. The first kappa shape index (κ1) is 15.1. The lowest BCUT2D eigenvalue weighted by Gasteiger charge is -2.14. The highest BCUT2D eigenvalue weighted by atomic mass is 32.2. The summed E-state index contributed by atoms with van der Waals surface area (Å²) in [6, 6.07) is 6.91. The summed E-state index contributed by atoms with van der Waals surface area (Å²) in [5.41, 5.74) is 0.706. The second-order valence-corrected chi connectivity index (χ2v) is 7.18. The molecule has 2 aliphatic rings. The monoisotopic (exact) mass is 333 g/mol. The Morgan fingerprint density at radius 3 is 2.83 bits per heavy atom. The molecule has 0 radical (unpaired) electrons. The van der Waals surface area contributed by atoms with Crippen molar-refractivity contribution < 1.29 is 9.13 Å². The standard InChI is InChI=1S/C17H20FN3OS/c18-15-6-2-1-4-13(15)11-23-17-20-19-16(12-7-8-12)21(17)10-14-5-3-9-22-14/h1-2,4,6,12,14H,3,5,7-11H2. The molecule has 1 atom stereocenters. The Morgan fingerprint density at radius 2 is 2.09 bits per heavy atom. The molecule has 4 nitrogen and oxygen atoms in total. The van der Waals surface area contributed by atoms with Crippen molar-refractivity contribution in [2.75, 3.05) is 6.61 Å². The van der Waals surface area contributed by atoms with E-state index in [4.69, 9.17) is 4.74 Å². The molecule has 1 aliphatic carbocycles. The molecule has 23 heavy (non-hydrogen) atoms. The van der Waals surface area contributed by atoms with Gasteiger partial charge in [0.05, 0.1) is 12.6 Å². The van der Waals surface area contributed by atoms with Gasteiger partial charge in [0.25, 0.3) is 0 Å². The van der Waals surface area contributed by atoms with Crippen LogP contribution in [0.2, 0.25) is 0 Å². The van der Waals surface area contributed by atoms with Crippen LogP contribution in [0.25, 0.3) is 0 Å². The molecular weight excluding hydrogens is 313 g/mol. The van der Waals surface area contributed by atoms with Crippen molar-refractivity contribution in [3.05, 3.63) is 41.5 Å². The zero-order valence-electron chi connectivity index (χ0n) is 12.9. The molecule has 0 amide bonds. The zero-order valence-corrected chi connectivity index (χ0v) is 13.8. The third kappa shape index (κ3) is 3.43. The number of nitrogens with zero attached hydrogens (tertiary/aromatic N) is 3. The quantitative estimate of drug-likeness (QED) is 0.755. The van der Waals surface area contributed by atoms with Crippen LogP contribution >= 0.6 is 11.8 Å². The maximum absolute atomic E-state index is 13.8. The molecular formula is C17H20FN3OS. The molecule has 2 heterocycles. The van der Waals surface area contributed by atoms with Gasteiger partial charge in [0.2, 0.25) is 0 Å². The number of hydrogen-bond donors (Lipinski definition) is 0. The number of thioether (sulfide) groups is 1. The van der Waals surface area contributed by atoms with E-state index in [0.717, 1.165) is 37.0 Å². The second kappa shape index (κ2) is 6.61. The zero-order chi connectivity index (χ0) is 15.6. The van der Waals surface area contributed by atoms with Gasteiger partial charge in [0.15, 0.2) is 5.16 Å². The van der Waals surface area contributed by atoms with Gasteiger partial charge in [-0.1, -0.05) is 30.0 Å². The molecule has 2 aromatic rings. The van der Waals surface area contributed by atoms with Crippen LogP contribution in [0.3, 0.4) is 0 Å². The Hall–Kier alpha value is -1.40. The first-order valence-electron chi connectivity index (χ1n) is 8.22. The van der Waals surface area contributed by atoms with Gasteiger partial charge < -0.3 is 9.30 Å². The molecule has 0 spiro atoms. The average Bonchev–Trinajstić information content (AvgIpc) is 3.13. The van der Waals surface area contributed by atoms with Gasteiger partial charge in [-0.3, -0.25) is 0 Å². The van der Waals surface area contributed by atoms with Crippen molar-refractivity contribution >= 4 is 11.8 Å². The van der Waals surface area contributed by atoms with Gasteiger partial charge in [-0.2, -0.15) is 0 Å². The van der Waals surface area contributed by atoms with Gasteiger partial charge in [0.1, 0.15) is 11.6 Å². The Balaban J connectivity index is 1.51. The Labute approximate surface area is 139 Å². The second-order valence-electron chi connectivity index (χ2n) is 6.24. The van der Waals surface area contributed by atoms with Crippen molar-refractivity contribution in [3.8, 4) is 0 Å². The Kier molecular flexibility index (Phi) is 4.35. The van der Waals surface area contributed by atoms with Crippen LogP contribution < -0.4 is 0 Å². The Bertz CT molecular complexity index is 680. The summed E-state index contributed by atoms with van der Waals surface area (Å²) in [6.07, 6.45) is 4.88. The predicted octanol–water partition coefficient (Wildman–Crippen LogP) is 3.77. The molecule has 1 saturated carbocycles. The largest absolute Gasteiger partial charge is 0.376 e. The molecule has 0 bridgehead atoms. The number of halogens is 1. The van der Waals surface area contributed by atoms with Gasteiger partial charge in [-0.15, -0.1) is 10.2 Å². The van der Waals surface area contributed by atoms with E-state index in [1.807, 2.05) is 12.1 Å². The highest BCUT2D eigenvalue weighted by Gasteiger charge is 2.31. The van der Waals surface area contributed by atoms with E-state index >= 15 is 0 Å². The van der Waals surface area contributed by atoms with Gasteiger partial charge in [-0.25, -0.2) is 4.39 Å². The molecule has 1 aromatic carbocycles. The van der Waals surface area contributed by atoms with Crippen LogP contribution in [0.5, 0.6) is 0 Å². The summed E-state index contributed by atoms with van der Waals surface area (Å²) in [5, 5.41) is 9.64. The SMILES string of the molecule is Fc1ccccc1CSc1nnc(C2CC2)n1CC1CCCO1. The van der Waals surface area contributed by atoms with Crippen molar-refractivity contribution in [2.45, 2.75) is 55.2 Å². The normalized spacial score (nSPS) is 21.0. The van der Waals surface area contributed by atoms with E-state index in [1.54, 1.807) is 17.8 Å². The first-order valence-corrected chi connectivity index (χ1v) is 9.20. The summed E-state index contributed by atoms with van der Waals surface area (Å²) < 4.78 is 21.8. The summed E-state index contributed by atoms with van der Waals surface area (Å²) in [7, 11) is 0. The smallest absolute Gasteiger partial charge is 0.191 e. The average molecular weight is 333 g/mol. The lowest BCUT2D eigenvalue weighted by molar-refractivity contribution is 0.0942. The predicted molar refractivity (Wildman–Crippen MR) is 86.9 cm³/mol. The van der Waals surface area contributed by atoms with Gasteiger partial charge >= 0.3 is 0 Å². The first-order chi connectivity index (χ1) is 11.3. The van der Waals surface area contributed by atoms with E-state index in [2.05, 4.69) is 14.8 Å². The summed E-state index contributed by atoms with van der Waals surface area (Å²) in [6.45, 7) is 1.67. The molecule has 1 aromatic heterocycles. The fraction of sp³-hybridized carbons (Fsp3) is 0.529. The number of hydrogen-bond acceptors (Lipinski definition) is 4. The lowest BCUT2D eigenvalue weighted by Crippen LogP contribution is -2.17. The van der Waals surface area contributed by atoms with Crippen molar-refractivity contribution in [2.24, 2.45) is 0 Å². The van der Waals surface area contributed by atoms with Crippen LogP contribution in [0.15, 0.2) is 29.4 Å². The number of rotatable bonds is 6. The topological polar surface area (TPSA) is 39.9 Å². The minimum absolute atomic E-state index is 0.160. The van der Waals surface area contributed by atoms with Crippen molar-refractivity contribution in [3.63, 3.8) is 0 Å². The highest BCUT2D eigenvalue weighted by Crippen LogP contribution is 2.40. The number of aromatic nitrogens is 3. The van der Waals surface area contributed by atoms with Gasteiger partial charge in [0, 0.05) is 18.3 Å². The maximum atomic E-state index is 13.8. The molecule has 122 valence electrons. The number of ether oxygens (including phenoxy) is 1. The molecule has 4 rings (SSSR count). The van der Waals surface area contributed by atoms with E-state index < -0.39 is 0 Å². The van der Waals surface area contributed by atoms with E-state index in [1.165, 1.54) is 18.9 Å². The van der Waals surface area contributed by atoms with Crippen molar-refractivity contribution in [1.29, 1.82) is 0 Å². The maximum Gasteiger partial charge on any atom is 0.191 e. The highest BCUT2D eigenvalue weighted by molar-refractivity contribution is 7.98. The van der Waals surface area contributed by atoms with Crippen LogP contribution in [0.1, 0.15) is 43.0 Å². The number of benzene rings is 1. The van der Waals surface area contributed by atoms with E-state index in [9.17, 15) is 4.39 Å². The van der Waals surface area contributed by atoms with Crippen LogP contribution in [0, 0.1) is 5.82 Å². The minimum Gasteiger partial charge on any atom is -0.376 e. The van der Waals surface area contributed by atoms with Crippen molar-refractivity contribution in [1.82, 2.24) is 14.8 Å². The summed E-state index contributed by atoms with van der Waals surface area (Å²) in [5.74, 6) is 2.04. The minimum atomic E-state index is -0.160. The van der Waals surface area contributed by atoms with E-state index in [-0.39, 0.29) is 11.9 Å². The summed E-state index contributed by atoms with van der Waals surface area (Å²) >= 11 is 1.56. The third-order valence-electron chi connectivity index (χ3n) is 4.41. The Morgan fingerprint density at radius 1 is 1.22 bits per heavy atom. The van der Waals surface area contributed by atoms with E-state index in [0.29, 0.717) is 17.2 Å². The third-order valence-corrected chi connectivity index (χ3v) is 5.43. The molecule has 1 saturated heterocycles. The van der Waals surface area contributed by atoms with Gasteiger partial charge in [-0.05, 0) is 37.3 Å². The molecule has 1 aliphatic heterocycles. The molecule has 0 N–H and O–H groups in total. The molecule has 1 unspecified atom stereocenters. The molecule has 6 heteroatoms.